The molecule has 3 N–H and O–H groups in total. The lowest BCUT2D eigenvalue weighted by molar-refractivity contribution is -0.137. The topological polar surface area (TPSA) is 115 Å². The SMILES string of the molecule is CC(C)CC[C@]1(C(=O)NC(C)C)C[C@H]2CC[C@@H]1N2C(=O)Cc1cc(=O)[nH][nH]c1=O. The van der Waals surface area contributed by atoms with Crippen molar-refractivity contribution in [2.45, 2.75) is 84.3 Å². The standard InChI is InChI=1S/C21H32N4O4/c1-12(2)7-8-21(20(29)22-13(3)4)11-15-5-6-16(21)25(15)18(27)10-14-9-17(26)23-24-19(14)28/h9,12-13,15-16H,5-8,10-11H2,1-4H3,(H,22,29)(H,23,26)(H,24,28)/t15-,16+,21+/m1/s1. The first-order valence-electron chi connectivity index (χ1n) is 10.6. The molecule has 0 radical (unpaired) electrons. The smallest absolute Gasteiger partial charge is 0.266 e. The zero-order valence-corrected chi connectivity index (χ0v) is 17.7. The molecule has 2 amide bonds. The zero-order valence-electron chi connectivity index (χ0n) is 17.7. The minimum atomic E-state index is -0.576. The van der Waals surface area contributed by atoms with Crippen LogP contribution < -0.4 is 16.4 Å². The van der Waals surface area contributed by atoms with Crippen LogP contribution >= 0.6 is 0 Å². The molecule has 0 unspecified atom stereocenters. The van der Waals surface area contributed by atoms with Gasteiger partial charge in [-0.2, -0.15) is 0 Å². The molecule has 2 bridgehead atoms. The molecule has 2 fully saturated rings. The van der Waals surface area contributed by atoms with Gasteiger partial charge in [-0.15, -0.1) is 0 Å². The fourth-order valence-corrected chi connectivity index (χ4v) is 4.98. The van der Waals surface area contributed by atoms with Gasteiger partial charge in [0.05, 0.1) is 11.8 Å². The van der Waals surface area contributed by atoms with Gasteiger partial charge in [-0.25, -0.2) is 0 Å². The lowest BCUT2D eigenvalue weighted by Gasteiger charge is -2.37. The molecule has 1 aromatic rings. The van der Waals surface area contributed by atoms with Crippen LogP contribution in [0.5, 0.6) is 0 Å². The fourth-order valence-electron chi connectivity index (χ4n) is 4.98. The molecule has 2 aliphatic rings. The van der Waals surface area contributed by atoms with Crippen LogP contribution in [0.3, 0.4) is 0 Å². The lowest BCUT2D eigenvalue weighted by atomic mass is 9.69. The molecule has 3 atom stereocenters. The number of rotatable bonds is 7. The number of hydrogen-bond donors (Lipinski definition) is 3. The van der Waals surface area contributed by atoms with Crippen molar-refractivity contribution in [3.8, 4) is 0 Å². The van der Waals surface area contributed by atoms with Crippen LogP contribution in [0.15, 0.2) is 15.7 Å². The Morgan fingerprint density at radius 3 is 2.59 bits per heavy atom. The van der Waals surface area contributed by atoms with Crippen molar-refractivity contribution in [3.63, 3.8) is 0 Å². The quantitative estimate of drug-likeness (QED) is 0.636. The van der Waals surface area contributed by atoms with E-state index >= 15 is 0 Å². The number of amides is 2. The summed E-state index contributed by atoms with van der Waals surface area (Å²) in [5.41, 5.74) is -1.33. The van der Waals surface area contributed by atoms with Gasteiger partial charge < -0.3 is 10.2 Å². The van der Waals surface area contributed by atoms with Crippen LogP contribution in [0.25, 0.3) is 0 Å². The van der Waals surface area contributed by atoms with Gasteiger partial charge in [-0.05, 0) is 51.9 Å². The monoisotopic (exact) mass is 404 g/mol. The van der Waals surface area contributed by atoms with E-state index in [9.17, 15) is 19.2 Å². The molecular weight excluding hydrogens is 372 g/mol. The number of nitrogens with one attached hydrogen (secondary N) is 3. The predicted octanol–water partition coefficient (Wildman–Crippen LogP) is 1.32. The number of aromatic amines is 2. The maximum Gasteiger partial charge on any atom is 0.266 e. The van der Waals surface area contributed by atoms with Crippen LogP contribution in [0.1, 0.15) is 65.4 Å². The zero-order chi connectivity index (χ0) is 21.3. The van der Waals surface area contributed by atoms with Gasteiger partial charge in [-0.3, -0.25) is 29.4 Å². The summed E-state index contributed by atoms with van der Waals surface area (Å²) in [5.74, 6) is 0.320. The van der Waals surface area contributed by atoms with Gasteiger partial charge in [0, 0.05) is 29.8 Å². The van der Waals surface area contributed by atoms with Gasteiger partial charge in [0.2, 0.25) is 11.8 Å². The van der Waals surface area contributed by atoms with E-state index in [1.807, 2.05) is 18.7 Å². The van der Waals surface area contributed by atoms with Gasteiger partial charge >= 0.3 is 0 Å². The Morgan fingerprint density at radius 1 is 1.21 bits per heavy atom. The third kappa shape index (κ3) is 4.16. The minimum absolute atomic E-state index is 0.0126. The van der Waals surface area contributed by atoms with E-state index in [1.54, 1.807) is 0 Å². The summed E-state index contributed by atoms with van der Waals surface area (Å²) in [4.78, 5) is 51.7. The largest absolute Gasteiger partial charge is 0.353 e. The molecule has 2 saturated heterocycles. The van der Waals surface area contributed by atoms with E-state index in [4.69, 9.17) is 0 Å². The minimum Gasteiger partial charge on any atom is -0.353 e. The third-order valence-electron chi connectivity index (χ3n) is 6.31. The normalized spacial score (nSPS) is 25.8. The van der Waals surface area contributed by atoms with Crippen molar-refractivity contribution in [1.29, 1.82) is 0 Å². The molecule has 8 heteroatoms. The van der Waals surface area contributed by atoms with Crippen molar-refractivity contribution in [2.24, 2.45) is 11.3 Å². The highest BCUT2D eigenvalue weighted by molar-refractivity contribution is 5.87. The predicted molar refractivity (Wildman–Crippen MR) is 109 cm³/mol. The van der Waals surface area contributed by atoms with Crippen molar-refractivity contribution < 1.29 is 9.59 Å². The van der Waals surface area contributed by atoms with Crippen molar-refractivity contribution in [1.82, 2.24) is 20.4 Å². The van der Waals surface area contributed by atoms with E-state index < -0.39 is 16.5 Å². The number of carbonyl (C=O) groups excluding carboxylic acids is 2. The second-order valence-electron chi connectivity index (χ2n) is 9.26. The summed E-state index contributed by atoms with van der Waals surface area (Å²) < 4.78 is 0. The molecule has 29 heavy (non-hydrogen) atoms. The highest BCUT2D eigenvalue weighted by Crippen LogP contribution is 2.53. The van der Waals surface area contributed by atoms with E-state index in [0.717, 1.165) is 25.7 Å². The Kier molecular flexibility index (Phi) is 6.00. The summed E-state index contributed by atoms with van der Waals surface area (Å²) in [6.45, 7) is 8.18. The summed E-state index contributed by atoms with van der Waals surface area (Å²) >= 11 is 0. The van der Waals surface area contributed by atoms with E-state index in [2.05, 4.69) is 29.4 Å². The van der Waals surface area contributed by atoms with Gasteiger partial charge in [0.25, 0.3) is 11.1 Å². The van der Waals surface area contributed by atoms with E-state index in [-0.39, 0.29) is 41.9 Å². The molecule has 0 saturated carbocycles. The Morgan fingerprint density at radius 2 is 1.93 bits per heavy atom. The van der Waals surface area contributed by atoms with Crippen molar-refractivity contribution in [2.75, 3.05) is 0 Å². The molecule has 0 aromatic carbocycles. The number of H-pyrrole nitrogens is 2. The Bertz CT molecular complexity index is 887. The Balaban J connectivity index is 1.86. The first kappa shape index (κ1) is 21.3. The summed E-state index contributed by atoms with van der Waals surface area (Å²) in [6, 6.07) is 1.07. The lowest BCUT2D eigenvalue weighted by Crippen LogP contribution is -2.51. The van der Waals surface area contributed by atoms with E-state index in [0.29, 0.717) is 12.3 Å². The van der Waals surface area contributed by atoms with Crippen LogP contribution in [0.4, 0.5) is 0 Å². The highest BCUT2D eigenvalue weighted by Gasteiger charge is 2.60. The second-order valence-corrected chi connectivity index (χ2v) is 9.26. The molecule has 3 heterocycles. The molecule has 0 aliphatic carbocycles. The average Bonchev–Trinajstić information content (AvgIpc) is 3.19. The second kappa shape index (κ2) is 8.16. The Hall–Kier alpha value is -2.38. The number of hydrogen-bond acceptors (Lipinski definition) is 4. The van der Waals surface area contributed by atoms with Crippen molar-refractivity contribution in [3.05, 3.63) is 32.3 Å². The summed E-state index contributed by atoms with van der Waals surface area (Å²) in [5, 5.41) is 7.56. The average molecular weight is 405 g/mol. The molecule has 3 rings (SSSR count). The number of nitrogens with zero attached hydrogens (tertiary/aromatic N) is 1. The fraction of sp³-hybridized carbons (Fsp3) is 0.714. The summed E-state index contributed by atoms with van der Waals surface area (Å²) in [6.07, 6.45) is 3.88. The van der Waals surface area contributed by atoms with Gasteiger partial charge in [0.15, 0.2) is 0 Å². The Labute approximate surface area is 170 Å². The molecule has 8 nitrogen and oxygen atoms in total. The highest BCUT2D eigenvalue weighted by atomic mass is 16.2. The van der Waals surface area contributed by atoms with E-state index in [1.165, 1.54) is 6.07 Å². The molecule has 160 valence electrons. The first-order valence-corrected chi connectivity index (χ1v) is 10.6. The molecule has 0 spiro atoms. The molecule has 2 aliphatic heterocycles. The number of aromatic nitrogens is 2. The maximum atomic E-state index is 13.3. The van der Waals surface area contributed by atoms with Crippen LogP contribution in [-0.2, 0) is 16.0 Å². The van der Waals surface area contributed by atoms with Gasteiger partial charge in [-0.1, -0.05) is 13.8 Å². The first-order chi connectivity index (χ1) is 13.6. The van der Waals surface area contributed by atoms with Crippen LogP contribution in [0, 0.1) is 11.3 Å². The van der Waals surface area contributed by atoms with Crippen LogP contribution in [-0.4, -0.2) is 45.0 Å². The van der Waals surface area contributed by atoms with Crippen LogP contribution in [0.2, 0.25) is 0 Å². The molecule has 1 aromatic heterocycles. The molecular formula is C21H32N4O4. The number of fused-ring (bicyclic) bond motifs is 2. The third-order valence-corrected chi connectivity index (χ3v) is 6.31. The maximum absolute atomic E-state index is 13.3. The number of carbonyl (C=O) groups is 2. The van der Waals surface area contributed by atoms with Gasteiger partial charge in [0.1, 0.15) is 0 Å². The van der Waals surface area contributed by atoms with Crippen molar-refractivity contribution >= 4 is 11.8 Å². The summed E-state index contributed by atoms with van der Waals surface area (Å²) in [7, 11) is 0.